The molecule has 1 aromatic rings. The van der Waals surface area contributed by atoms with E-state index in [9.17, 15) is 8.42 Å². The summed E-state index contributed by atoms with van der Waals surface area (Å²) >= 11 is 0.859. The van der Waals surface area contributed by atoms with Crippen LogP contribution in [0.15, 0.2) is 4.34 Å². The summed E-state index contributed by atoms with van der Waals surface area (Å²) in [6.07, 6.45) is 0. The topological polar surface area (TPSA) is 98.4 Å². The third-order valence-corrected chi connectivity index (χ3v) is 5.35. The van der Waals surface area contributed by atoms with Gasteiger partial charge in [0, 0.05) is 19.7 Å². The number of aromatic nitrogens is 2. The van der Waals surface area contributed by atoms with Crippen LogP contribution in [-0.2, 0) is 14.8 Å². The van der Waals surface area contributed by atoms with Crippen molar-refractivity contribution in [3.8, 4) is 0 Å². The minimum absolute atomic E-state index is 0.0835. The molecule has 1 aromatic heterocycles. The van der Waals surface area contributed by atoms with Crippen molar-refractivity contribution < 1.29 is 13.2 Å². The molecular weight excluding hydrogens is 264 g/mol. The molecule has 7 nitrogen and oxygen atoms in total. The van der Waals surface area contributed by atoms with Crippen molar-refractivity contribution >= 4 is 26.5 Å². The highest BCUT2D eigenvalue weighted by Crippen LogP contribution is 2.22. The molecule has 0 aliphatic heterocycles. The van der Waals surface area contributed by atoms with Gasteiger partial charge in [0.2, 0.25) is 9.47 Å². The molecule has 0 saturated carbocycles. The summed E-state index contributed by atoms with van der Waals surface area (Å²) in [7, 11) is -2.11. The Morgan fingerprint density at radius 2 is 2.18 bits per heavy atom. The molecule has 9 heteroatoms. The predicted molar refractivity (Wildman–Crippen MR) is 65.2 cm³/mol. The number of nitrogens with two attached hydrogens (primary N) is 1. The number of nitrogens with zero attached hydrogens (tertiary/aromatic N) is 3. The molecule has 0 saturated heterocycles. The van der Waals surface area contributed by atoms with Crippen LogP contribution in [-0.4, -0.2) is 49.2 Å². The van der Waals surface area contributed by atoms with E-state index in [-0.39, 0.29) is 15.5 Å². The second-order valence-electron chi connectivity index (χ2n) is 3.42. The first-order valence-electron chi connectivity index (χ1n) is 5.03. The molecule has 17 heavy (non-hydrogen) atoms. The first-order chi connectivity index (χ1) is 7.93. The number of rotatable bonds is 6. The van der Waals surface area contributed by atoms with Crippen molar-refractivity contribution in [3.63, 3.8) is 0 Å². The van der Waals surface area contributed by atoms with Crippen LogP contribution in [0.4, 0.5) is 5.13 Å². The number of methoxy groups -OCH3 is 1. The summed E-state index contributed by atoms with van der Waals surface area (Å²) < 4.78 is 30.6. The lowest BCUT2D eigenvalue weighted by atomic mass is 10.4. The summed E-state index contributed by atoms with van der Waals surface area (Å²) in [4.78, 5) is 0. The second-order valence-corrected chi connectivity index (χ2v) is 6.49. The summed E-state index contributed by atoms with van der Waals surface area (Å²) in [5, 5.41) is 7.22. The highest BCUT2D eigenvalue weighted by atomic mass is 32.2. The molecule has 1 rings (SSSR count). The van der Waals surface area contributed by atoms with E-state index in [1.807, 2.05) is 0 Å². The zero-order valence-corrected chi connectivity index (χ0v) is 11.6. The molecule has 0 bridgehead atoms. The Labute approximate surface area is 105 Å². The molecule has 0 aliphatic rings. The van der Waals surface area contributed by atoms with E-state index >= 15 is 0 Å². The lowest BCUT2D eigenvalue weighted by molar-refractivity contribution is 0.142. The summed E-state index contributed by atoms with van der Waals surface area (Å²) in [5.74, 6) is 0. The number of anilines is 1. The lowest BCUT2D eigenvalue weighted by Gasteiger charge is -2.25. The van der Waals surface area contributed by atoms with Crippen molar-refractivity contribution in [3.05, 3.63) is 0 Å². The molecule has 0 fully saturated rings. The summed E-state index contributed by atoms with van der Waals surface area (Å²) in [6.45, 7) is 4.19. The van der Waals surface area contributed by atoms with E-state index in [1.165, 1.54) is 11.4 Å². The highest BCUT2D eigenvalue weighted by molar-refractivity contribution is 7.91. The number of sulfonamides is 1. The first kappa shape index (κ1) is 14.3. The average molecular weight is 280 g/mol. The van der Waals surface area contributed by atoms with Gasteiger partial charge in [0.25, 0.3) is 10.0 Å². The summed E-state index contributed by atoms with van der Waals surface area (Å²) in [5.41, 5.74) is 5.39. The number of nitrogen functional groups attached to an aromatic ring is 1. The van der Waals surface area contributed by atoms with Gasteiger partial charge in [-0.25, -0.2) is 8.42 Å². The molecule has 0 aromatic carbocycles. The molecule has 0 amide bonds. The van der Waals surface area contributed by atoms with Crippen LogP contribution in [0.1, 0.15) is 13.8 Å². The van der Waals surface area contributed by atoms with Crippen molar-refractivity contribution in [2.24, 2.45) is 0 Å². The molecule has 98 valence electrons. The van der Waals surface area contributed by atoms with Crippen molar-refractivity contribution in [2.75, 3.05) is 26.0 Å². The van der Waals surface area contributed by atoms with E-state index in [2.05, 4.69) is 10.2 Å². The van der Waals surface area contributed by atoms with Crippen LogP contribution >= 0.6 is 11.3 Å². The van der Waals surface area contributed by atoms with Crippen molar-refractivity contribution in [1.82, 2.24) is 14.5 Å². The lowest BCUT2D eigenvalue weighted by Crippen LogP contribution is -2.40. The van der Waals surface area contributed by atoms with Gasteiger partial charge in [-0.15, -0.1) is 10.2 Å². The molecular formula is C8H16N4O3S2. The van der Waals surface area contributed by atoms with E-state index in [0.29, 0.717) is 13.2 Å². The molecule has 0 aliphatic carbocycles. The first-order valence-corrected chi connectivity index (χ1v) is 7.28. The van der Waals surface area contributed by atoms with Gasteiger partial charge in [0.05, 0.1) is 6.61 Å². The van der Waals surface area contributed by atoms with Gasteiger partial charge >= 0.3 is 0 Å². The normalized spacial score (nSPS) is 14.1. The van der Waals surface area contributed by atoms with E-state index < -0.39 is 10.0 Å². The smallest absolute Gasteiger partial charge is 0.272 e. The Hall–Kier alpha value is -0.770. The van der Waals surface area contributed by atoms with Crippen LogP contribution < -0.4 is 5.73 Å². The highest BCUT2D eigenvalue weighted by Gasteiger charge is 2.30. The molecule has 1 heterocycles. The summed E-state index contributed by atoms with van der Waals surface area (Å²) in [6, 6.07) is -0.264. The Bertz CT molecular complexity index is 459. The Balaban J connectivity index is 3.02. The van der Waals surface area contributed by atoms with E-state index in [0.717, 1.165) is 11.3 Å². The fraction of sp³-hybridized carbons (Fsp3) is 0.750. The van der Waals surface area contributed by atoms with Crippen LogP contribution in [0.5, 0.6) is 0 Å². The molecule has 1 unspecified atom stereocenters. The van der Waals surface area contributed by atoms with Gasteiger partial charge in [0.15, 0.2) is 0 Å². The molecule has 0 spiro atoms. The fourth-order valence-corrected chi connectivity index (χ4v) is 3.99. The van der Waals surface area contributed by atoms with Crippen molar-refractivity contribution in [2.45, 2.75) is 24.2 Å². The Morgan fingerprint density at radius 1 is 1.53 bits per heavy atom. The maximum absolute atomic E-state index is 12.2. The fourth-order valence-electron chi connectivity index (χ4n) is 1.47. The maximum atomic E-state index is 12.2. The van der Waals surface area contributed by atoms with Gasteiger partial charge in [0.1, 0.15) is 0 Å². The van der Waals surface area contributed by atoms with Gasteiger partial charge in [-0.3, -0.25) is 0 Å². The minimum Gasteiger partial charge on any atom is -0.383 e. The quantitative estimate of drug-likeness (QED) is 0.797. The van der Waals surface area contributed by atoms with Gasteiger partial charge in [-0.2, -0.15) is 4.31 Å². The van der Waals surface area contributed by atoms with Crippen LogP contribution in [0.3, 0.4) is 0 Å². The minimum atomic E-state index is -3.63. The zero-order chi connectivity index (χ0) is 13.1. The van der Waals surface area contributed by atoms with Gasteiger partial charge in [-0.1, -0.05) is 18.3 Å². The van der Waals surface area contributed by atoms with Crippen molar-refractivity contribution in [1.29, 1.82) is 0 Å². The number of hydrogen-bond donors (Lipinski definition) is 1. The van der Waals surface area contributed by atoms with Gasteiger partial charge in [-0.05, 0) is 6.92 Å². The predicted octanol–water partition coefficient (Wildman–Crippen LogP) is 0.166. The standard InChI is InChI=1S/C8H16N4O3S2/c1-4-12(6(2)5-15-3)17(13,14)8-11-10-7(9)16-8/h6H,4-5H2,1-3H3,(H2,9,10). The maximum Gasteiger partial charge on any atom is 0.272 e. The van der Waals surface area contributed by atoms with E-state index in [1.54, 1.807) is 13.8 Å². The number of likely N-dealkylation sites (N-methyl/N-ethyl adjacent to an activating group) is 1. The largest absolute Gasteiger partial charge is 0.383 e. The van der Waals surface area contributed by atoms with Crippen LogP contribution in [0.25, 0.3) is 0 Å². The third-order valence-electron chi connectivity index (χ3n) is 2.16. The Morgan fingerprint density at radius 3 is 2.59 bits per heavy atom. The molecule has 2 N–H and O–H groups in total. The van der Waals surface area contributed by atoms with Gasteiger partial charge < -0.3 is 10.5 Å². The van der Waals surface area contributed by atoms with Crippen LogP contribution in [0.2, 0.25) is 0 Å². The number of hydrogen-bond acceptors (Lipinski definition) is 7. The van der Waals surface area contributed by atoms with E-state index in [4.69, 9.17) is 10.5 Å². The number of ether oxygens (including phenoxy) is 1. The third kappa shape index (κ3) is 3.12. The molecule has 0 radical (unpaired) electrons. The monoisotopic (exact) mass is 280 g/mol. The average Bonchev–Trinajstić information content (AvgIpc) is 2.66. The second kappa shape index (κ2) is 5.71. The van der Waals surface area contributed by atoms with Crippen LogP contribution in [0, 0.1) is 0 Å². The Kier molecular flexibility index (Phi) is 4.80. The molecule has 1 atom stereocenters. The zero-order valence-electron chi connectivity index (χ0n) is 9.95. The SMILES string of the molecule is CCN(C(C)COC)S(=O)(=O)c1nnc(N)s1.